The van der Waals surface area contributed by atoms with E-state index in [1.807, 2.05) is 0 Å². The molecule has 0 radical (unpaired) electrons. The quantitative estimate of drug-likeness (QED) is 0.889. The van der Waals surface area contributed by atoms with Crippen LogP contribution in [0.15, 0.2) is 29.6 Å². The average molecular weight is 288 g/mol. The molecule has 0 bridgehead atoms. The van der Waals surface area contributed by atoms with Crippen LogP contribution in [0.3, 0.4) is 0 Å². The van der Waals surface area contributed by atoms with Crippen molar-refractivity contribution < 1.29 is 0 Å². The van der Waals surface area contributed by atoms with Gasteiger partial charge in [-0.3, -0.25) is 0 Å². The van der Waals surface area contributed by atoms with E-state index in [-0.39, 0.29) is 5.41 Å². The molecule has 3 heteroatoms. The largest absolute Gasteiger partial charge is 0.305 e. The summed E-state index contributed by atoms with van der Waals surface area (Å²) in [6.07, 6.45) is 0. The molecular formula is C17H24N2S. The van der Waals surface area contributed by atoms with Crippen LogP contribution < -0.4 is 5.32 Å². The summed E-state index contributed by atoms with van der Waals surface area (Å²) in [4.78, 5) is 4.73. The maximum atomic E-state index is 4.73. The van der Waals surface area contributed by atoms with E-state index in [0.717, 1.165) is 12.2 Å². The summed E-state index contributed by atoms with van der Waals surface area (Å²) in [6.45, 7) is 11.8. The monoisotopic (exact) mass is 288 g/mol. The molecule has 20 heavy (non-hydrogen) atoms. The van der Waals surface area contributed by atoms with Crippen molar-refractivity contribution in [1.29, 1.82) is 0 Å². The molecule has 1 atom stereocenters. The first-order chi connectivity index (χ1) is 9.38. The van der Waals surface area contributed by atoms with Crippen LogP contribution in [-0.4, -0.2) is 4.98 Å². The van der Waals surface area contributed by atoms with E-state index in [1.54, 1.807) is 11.3 Å². The zero-order chi connectivity index (χ0) is 14.8. The highest BCUT2D eigenvalue weighted by Gasteiger charge is 2.18. The van der Waals surface area contributed by atoms with Gasteiger partial charge in [0.05, 0.1) is 10.7 Å². The summed E-state index contributed by atoms with van der Waals surface area (Å²) in [5.41, 5.74) is 3.98. The van der Waals surface area contributed by atoms with Gasteiger partial charge in [0.1, 0.15) is 0 Å². The number of benzene rings is 1. The third-order valence-corrected chi connectivity index (χ3v) is 4.75. The Labute approximate surface area is 126 Å². The summed E-state index contributed by atoms with van der Waals surface area (Å²) >= 11 is 1.76. The van der Waals surface area contributed by atoms with Gasteiger partial charge in [0.25, 0.3) is 0 Å². The molecule has 0 saturated heterocycles. The van der Waals surface area contributed by atoms with E-state index < -0.39 is 0 Å². The molecule has 108 valence electrons. The molecule has 0 fully saturated rings. The Kier molecular flexibility index (Phi) is 4.61. The molecule has 0 saturated carbocycles. The predicted molar refractivity (Wildman–Crippen MR) is 87.2 cm³/mol. The molecule has 1 aromatic heterocycles. The summed E-state index contributed by atoms with van der Waals surface area (Å²) in [5, 5.41) is 6.94. The second kappa shape index (κ2) is 6.06. The lowest BCUT2D eigenvalue weighted by Gasteiger charge is -2.16. The van der Waals surface area contributed by atoms with Crippen LogP contribution in [0.1, 0.15) is 55.6 Å². The van der Waals surface area contributed by atoms with Crippen LogP contribution >= 0.6 is 11.3 Å². The molecule has 0 aliphatic carbocycles. The van der Waals surface area contributed by atoms with E-state index in [4.69, 9.17) is 4.98 Å². The fourth-order valence-corrected chi connectivity index (χ4v) is 3.08. The van der Waals surface area contributed by atoms with Gasteiger partial charge < -0.3 is 5.32 Å². The number of hydrogen-bond acceptors (Lipinski definition) is 3. The van der Waals surface area contributed by atoms with Crippen LogP contribution in [0.4, 0.5) is 0 Å². The van der Waals surface area contributed by atoms with Gasteiger partial charge in [-0.25, -0.2) is 4.98 Å². The minimum atomic E-state index is 0.143. The fourth-order valence-electron chi connectivity index (χ4n) is 2.17. The summed E-state index contributed by atoms with van der Waals surface area (Å²) < 4.78 is 0. The van der Waals surface area contributed by atoms with Crippen LogP contribution in [0.25, 0.3) is 0 Å². The van der Waals surface area contributed by atoms with E-state index in [9.17, 15) is 0 Å². The van der Waals surface area contributed by atoms with Crippen molar-refractivity contribution in [2.45, 2.75) is 52.6 Å². The molecule has 0 spiro atoms. The second-order valence-electron chi connectivity index (χ2n) is 6.35. The van der Waals surface area contributed by atoms with E-state index in [0.29, 0.717) is 6.04 Å². The standard InChI is InChI=1S/C17H24N2S/c1-12-8-6-7-9-15(12)13(2)18-10-14-11-20-16(19-14)17(3,4)5/h6-9,11,13,18H,10H2,1-5H3/t13-/m0/s1. The number of aryl methyl sites for hydroxylation is 1. The van der Waals surface area contributed by atoms with E-state index >= 15 is 0 Å². The van der Waals surface area contributed by atoms with Gasteiger partial charge in [-0.05, 0) is 25.0 Å². The van der Waals surface area contributed by atoms with Crippen LogP contribution in [-0.2, 0) is 12.0 Å². The van der Waals surface area contributed by atoms with Crippen molar-refractivity contribution in [3.8, 4) is 0 Å². The third kappa shape index (κ3) is 3.68. The first-order valence-electron chi connectivity index (χ1n) is 7.11. The van der Waals surface area contributed by atoms with E-state index in [1.165, 1.54) is 16.1 Å². The van der Waals surface area contributed by atoms with Gasteiger partial charge in [0.15, 0.2) is 0 Å². The summed E-state index contributed by atoms with van der Waals surface area (Å²) in [7, 11) is 0. The first-order valence-corrected chi connectivity index (χ1v) is 7.99. The van der Waals surface area contributed by atoms with Gasteiger partial charge in [0.2, 0.25) is 0 Å². The fraction of sp³-hybridized carbons (Fsp3) is 0.471. The number of aromatic nitrogens is 1. The summed E-state index contributed by atoms with van der Waals surface area (Å²) in [5.74, 6) is 0. The molecule has 2 rings (SSSR count). The number of nitrogens with one attached hydrogen (secondary N) is 1. The highest BCUT2D eigenvalue weighted by Crippen LogP contribution is 2.26. The zero-order valence-corrected chi connectivity index (χ0v) is 13.8. The average Bonchev–Trinajstić information content (AvgIpc) is 2.85. The molecule has 1 heterocycles. The van der Waals surface area contributed by atoms with Crippen molar-refractivity contribution in [1.82, 2.24) is 10.3 Å². The lowest BCUT2D eigenvalue weighted by molar-refractivity contribution is 0.555. The van der Waals surface area contributed by atoms with Crippen molar-refractivity contribution in [3.63, 3.8) is 0 Å². The number of rotatable bonds is 4. The number of thiazole rings is 1. The Balaban J connectivity index is 1.99. The van der Waals surface area contributed by atoms with Gasteiger partial charge in [-0.15, -0.1) is 11.3 Å². The Morgan fingerprint density at radius 1 is 1.25 bits per heavy atom. The smallest absolute Gasteiger partial charge is 0.0982 e. The molecule has 2 nitrogen and oxygen atoms in total. The Hall–Kier alpha value is -1.19. The zero-order valence-electron chi connectivity index (χ0n) is 13.0. The third-order valence-electron chi connectivity index (χ3n) is 3.44. The van der Waals surface area contributed by atoms with E-state index in [2.05, 4.69) is 69.6 Å². The topological polar surface area (TPSA) is 24.9 Å². The molecular weight excluding hydrogens is 264 g/mol. The Morgan fingerprint density at radius 3 is 2.55 bits per heavy atom. The maximum absolute atomic E-state index is 4.73. The predicted octanol–water partition coefficient (Wildman–Crippen LogP) is 4.60. The van der Waals surface area contributed by atoms with Crippen LogP contribution in [0, 0.1) is 6.92 Å². The number of nitrogens with zero attached hydrogens (tertiary/aromatic N) is 1. The van der Waals surface area contributed by atoms with Crippen molar-refractivity contribution >= 4 is 11.3 Å². The number of hydrogen-bond donors (Lipinski definition) is 1. The normalized spacial score (nSPS) is 13.4. The van der Waals surface area contributed by atoms with Gasteiger partial charge >= 0.3 is 0 Å². The lowest BCUT2D eigenvalue weighted by atomic mass is 9.98. The Morgan fingerprint density at radius 2 is 1.95 bits per heavy atom. The minimum Gasteiger partial charge on any atom is -0.305 e. The maximum Gasteiger partial charge on any atom is 0.0982 e. The van der Waals surface area contributed by atoms with Crippen LogP contribution in [0.5, 0.6) is 0 Å². The van der Waals surface area contributed by atoms with Crippen molar-refractivity contribution in [2.75, 3.05) is 0 Å². The molecule has 1 N–H and O–H groups in total. The lowest BCUT2D eigenvalue weighted by Crippen LogP contribution is -2.19. The molecule has 0 aliphatic rings. The van der Waals surface area contributed by atoms with Gasteiger partial charge in [-0.2, -0.15) is 0 Å². The molecule has 0 aliphatic heterocycles. The molecule has 0 unspecified atom stereocenters. The highest BCUT2D eigenvalue weighted by atomic mass is 32.1. The van der Waals surface area contributed by atoms with Crippen molar-refractivity contribution in [3.05, 3.63) is 51.5 Å². The Bertz CT molecular complexity index is 566. The summed E-state index contributed by atoms with van der Waals surface area (Å²) in [6, 6.07) is 8.88. The SMILES string of the molecule is Cc1ccccc1[C@H](C)NCc1csc(C(C)(C)C)n1. The van der Waals surface area contributed by atoms with Gasteiger partial charge in [0, 0.05) is 23.4 Å². The second-order valence-corrected chi connectivity index (χ2v) is 7.21. The minimum absolute atomic E-state index is 0.143. The molecule has 2 aromatic rings. The van der Waals surface area contributed by atoms with Crippen LogP contribution in [0.2, 0.25) is 0 Å². The van der Waals surface area contributed by atoms with Crippen molar-refractivity contribution in [2.24, 2.45) is 0 Å². The van der Waals surface area contributed by atoms with Gasteiger partial charge in [-0.1, -0.05) is 45.0 Å². The highest BCUT2D eigenvalue weighted by molar-refractivity contribution is 7.09. The molecule has 1 aromatic carbocycles. The molecule has 0 amide bonds. The first kappa shape index (κ1) is 15.2.